The number of anilines is 3. The second-order valence-electron chi connectivity index (χ2n) is 28.3. The molecule has 1 N–H and O–H groups in total. The summed E-state index contributed by atoms with van der Waals surface area (Å²) in [5.74, 6) is -34.8. The molecule has 2 aliphatic rings. The third-order valence-electron chi connectivity index (χ3n) is 19.9. The van der Waals surface area contributed by atoms with Crippen molar-refractivity contribution < 1.29 is 146 Å². The number of hydrogen-bond donors (Lipinski definition) is 1. The van der Waals surface area contributed by atoms with E-state index in [1.165, 1.54) is 89.0 Å². The Balaban J connectivity index is 0.000000176. The first-order valence-electron chi connectivity index (χ1n) is 38.3. The maximum Gasteiger partial charge on any atom is 0.342 e. The topological polar surface area (TPSA) is 319 Å². The lowest BCUT2D eigenvalue weighted by Crippen LogP contribution is -2.45. The first-order chi connectivity index (χ1) is 64.9. The zero-order valence-electron chi connectivity index (χ0n) is 71.0. The summed E-state index contributed by atoms with van der Waals surface area (Å²) < 4.78 is 361. The lowest BCUT2D eigenvalue weighted by Gasteiger charge is -2.39. The molecule has 17 rings (SSSR count). The Morgan fingerprint density at radius 1 is 0.417 bits per heavy atom. The molecule has 27 nitrogen and oxygen atoms in total. The molecular formula is C87H63Br4F16N7O20P2S3. The monoisotopic (exact) mass is 2300 g/mol. The van der Waals surface area contributed by atoms with Gasteiger partial charge in [-0.15, -0.1) is 0 Å². The number of methoxy groups -OCH3 is 5. The minimum atomic E-state index is -5.53. The predicted molar refractivity (Wildman–Crippen MR) is 494 cm³/mol. The van der Waals surface area contributed by atoms with Gasteiger partial charge in [-0.25, -0.2) is 65.4 Å². The summed E-state index contributed by atoms with van der Waals surface area (Å²) in [5, 5.41) is 10.5. The fourth-order valence-corrected chi connectivity index (χ4v) is 18.9. The van der Waals surface area contributed by atoms with E-state index in [0.29, 0.717) is 34.8 Å². The predicted octanol–water partition coefficient (Wildman–Crippen LogP) is 20.3. The highest BCUT2D eigenvalue weighted by Gasteiger charge is 2.48. The van der Waals surface area contributed by atoms with E-state index in [-0.39, 0.29) is 118 Å². The van der Waals surface area contributed by atoms with Gasteiger partial charge in [0.2, 0.25) is 69.7 Å². The van der Waals surface area contributed by atoms with Gasteiger partial charge in [0.15, 0.2) is 17.4 Å². The summed E-state index contributed by atoms with van der Waals surface area (Å²) in [7, 11) is -8.86. The van der Waals surface area contributed by atoms with Crippen molar-refractivity contribution in [1.82, 2.24) is 24.0 Å². The van der Waals surface area contributed by atoms with Gasteiger partial charge in [-0.3, -0.25) is 28.1 Å². The third-order valence-corrected chi connectivity index (χ3v) is 26.6. The summed E-state index contributed by atoms with van der Waals surface area (Å²) >= 11 is 12.5. The number of sulfonamides is 1. The highest BCUT2D eigenvalue weighted by molar-refractivity contribution is 9.11. The molecule has 2 unspecified atom stereocenters. The number of rotatable bonds is 21. The highest BCUT2D eigenvalue weighted by atomic mass is 79.9. The average molecular weight is 2310 g/mol. The molecule has 139 heavy (non-hydrogen) atoms. The lowest BCUT2D eigenvalue weighted by molar-refractivity contribution is -0.201. The van der Waals surface area contributed by atoms with Crippen LogP contribution in [0.3, 0.4) is 0 Å². The third kappa shape index (κ3) is 22.5. The van der Waals surface area contributed by atoms with Crippen molar-refractivity contribution in [2.75, 3.05) is 58.4 Å². The van der Waals surface area contributed by atoms with Crippen LogP contribution < -0.4 is 58.4 Å². The Hall–Kier alpha value is -12.1. The highest BCUT2D eigenvalue weighted by Crippen LogP contribution is 2.45. The summed E-state index contributed by atoms with van der Waals surface area (Å²) in [6.45, 7) is 2.27. The first-order valence-corrected chi connectivity index (χ1v) is 45.8. The van der Waals surface area contributed by atoms with E-state index in [4.69, 9.17) is 42.2 Å². The zero-order valence-corrected chi connectivity index (χ0v) is 82.6. The van der Waals surface area contributed by atoms with Crippen molar-refractivity contribution in [3.05, 3.63) is 326 Å². The Morgan fingerprint density at radius 2 is 0.784 bits per heavy atom. The number of aromatic nitrogens is 5. The molecule has 0 amide bonds. The minimum absolute atomic E-state index is 0. The SMILES string of the molecule is BrC1CC2(C1)OCCO2.COc1cc(Br)c(F)cc1-n1c(=O)ccc2cc(S(=O)(=O)Oc3c(F)c(F)c(F)c(F)c3F)c(F)cc21.COc1cc(Br)c(F)cc1-n1c(=O)ccc2cc(S(=O)(=O)Oc3c(F)c(F)c(F)c(F)c3F)c(F)cc21.COc1ccc(CNc2ccon2)cc1.COc1cccc(N(c2ccon2)S(=O)(=O)c2cc3ccc(=O)n(-c4cc(F)c(Br)cc4OC)c3cc2F)c1.P.P. The van der Waals surface area contributed by atoms with E-state index in [0.717, 1.165) is 123 Å². The van der Waals surface area contributed by atoms with Gasteiger partial charge in [0.25, 0.3) is 26.7 Å². The molecule has 1 aliphatic carbocycles. The van der Waals surface area contributed by atoms with Gasteiger partial charge >= 0.3 is 20.2 Å². The molecule has 15 aromatic rings. The van der Waals surface area contributed by atoms with Crippen molar-refractivity contribution in [3.8, 4) is 57.3 Å². The van der Waals surface area contributed by atoms with Crippen molar-refractivity contribution in [2.24, 2.45) is 0 Å². The Kier molecular flexibility index (Phi) is 34.1. The number of benzene rings is 10. The summed E-state index contributed by atoms with van der Waals surface area (Å²) in [6, 6.07) is 34.2. The number of ether oxygens (including phenoxy) is 7. The minimum Gasteiger partial charge on any atom is -0.497 e. The number of nitrogens with zero attached hydrogens (tertiary/aromatic N) is 6. The summed E-state index contributed by atoms with van der Waals surface area (Å²) in [4.78, 5) is 35.3. The van der Waals surface area contributed by atoms with Crippen LogP contribution in [0.15, 0.2) is 234 Å². The van der Waals surface area contributed by atoms with Gasteiger partial charge in [-0.1, -0.05) is 44.4 Å². The Bertz CT molecular complexity index is 7490. The molecule has 1 spiro atoms. The van der Waals surface area contributed by atoms with Crippen LogP contribution in [-0.4, -0.2) is 109 Å². The van der Waals surface area contributed by atoms with E-state index in [9.17, 15) is 96.7 Å². The number of nitrogens with one attached hydrogen (secondary N) is 1. The summed E-state index contributed by atoms with van der Waals surface area (Å²) in [5.41, 5.74) is -1.91. The molecule has 1 aliphatic heterocycles. The van der Waals surface area contributed by atoms with Crippen LogP contribution in [0.25, 0.3) is 49.8 Å². The fraction of sp³-hybridized carbons (Fsp3) is 0.138. The van der Waals surface area contributed by atoms with Crippen LogP contribution in [0, 0.1) is 93.1 Å². The fourth-order valence-electron chi connectivity index (χ4n) is 13.4. The zero-order chi connectivity index (χ0) is 99.5. The lowest BCUT2D eigenvalue weighted by atomic mass is 9.91. The number of pyridine rings is 3. The average Bonchev–Trinajstić information content (AvgIpc) is 1.16. The van der Waals surface area contributed by atoms with Crippen LogP contribution in [0.4, 0.5) is 87.6 Å². The molecule has 0 bridgehead atoms. The number of hydrogen-bond acceptors (Lipinski definition) is 23. The van der Waals surface area contributed by atoms with Gasteiger partial charge in [0, 0.05) is 113 Å². The van der Waals surface area contributed by atoms with Crippen LogP contribution in [0.1, 0.15) is 18.4 Å². The van der Waals surface area contributed by atoms with Gasteiger partial charge in [-0.2, -0.15) is 54.2 Å². The van der Waals surface area contributed by atoms with Crippen molar-refractivity contribution in [2.45, 2.75) is 44.7 Å². The maximum absolute atomic E-state index is 15.7. The molecule has 10 aromatic carbocycles. The molecule has 2 atom stereocenters. The van der Waals surface area contributed by atoms with Crippen molar-refractivity contribution >= 4 is 164 Å². The van der Waals surface area contributed by atoms with Gasteiger partial charge in [0.1, 0.15) is 90.9 Å². The van der Waals surface area contributed by atoms with E-state index >= 15 is 13.2 Å². The Labute approximate surface area is 814 Å². The van der Waals surface area contributed by atoms with E-state index in [1.807, 2.05) is 24.3 Å². The van der Waals surface area contributed by atoms with Crippen LogP contribution in [0.5, 0.6) is 40.2 Å². The molecule has 0 radical (unpaired) electrons. The van der Waals surface area contributed by atoms with E-state index in [1.54, 1.807) is 25.3 Å². The summed E-state index contributed by atoms with van der Waals surface area (Å²) in [6.07, 6.45) is 4.76. The van der Waals surface area contributed by atoms with Crippen molar-refractivity contribution in [3.63, 3.8) is 0 Å². The molecule has 2 fully saturated rings. The van der Waals surface area contributed by atoms with Crippen LogP contribution in [0.2, 0.25) is 0 Å². The molecule has 6 heterocycles. The molecule has 1 saturated heterocycles. The Morgan fingerprint density at radius 3 is 1.14 bits per heavy atom. The number of fused-ring (bicyclic) bond motifs is 3. The standard InChI is InChI=1S/C26H18BrF2N3O6S.2C22H9BrF7NO5S.C11H12N2O2.C6H9BrO2.2H3P/c1-36-17-5-3-4-16(11-17)32(25-8-9-38-30-25)39(34,35)24-10-15-6-7-26(33)31(21(15)14-20(24)29)22-13-19(28)18(27)12-23(22)37-2;2*1-35-14-5-9(23)10(24)6-13(14)31-12-7-11(25)15(4-8(12)2-3-16(31)32)37(33,34)36-22-20(29)18(27)17(26)19(28)21(22)30;1-14-10-4-2-9(3-5-10)8-12-11-6-7-15-13-11;7-5-3-6(4-5)8-1-2-9-6;;/h3-14H,1-2H3;2*2-7H,1H3;2-7H,8H2,1H3,(H,12,13);5H,1-4H2;2*1H3. The molecule has 734 valence electrons. The largest absolute Gasteiger partial charge is 0.497 e. The molecular weight excluding hydrogens is 2240 g/mol. The number of halogens is 20. The van der Waals surface area contributed by atoms with E-state index < -0.39 is 166 Å². The second-order valence-corrected chi connectivity index (χ2v) is 36.9. The van der Waals surface area contributed by atoms with Crippen molar-refractivity contribution in [1.29, 1.82) is 0 Å². The number of alkyl halides is 1. The van der Waals surface area contributed by atoms with Gasteiger partial charge < -0.3 is 55.9 Å². The van der Waals surface area contributed by atoms with Gasteiger partial charge in [-0.05, 0) is 132 Å². The molecule has 5 aromatic heterocycles. The van der Waals surface area contributed by atoms with Crippen LogP contribution >= 0.6 is 83.5 Å². The molecule has 52 heteroatoms. The van der Waals surface area contributed by atoms with Crippen LogP contribution in [-0.2, 0) is 46.3 Å². The maximum atomic E-state index is 15.7. The first kappa shape index (κ1) is 107. The smallest absolute Gasteiger partial charge is 0.342 e. The second kappa shape index (κ2) is 44.1. The normalized spacial score (nSPS) is 12.7. The quantitative estimate of drug-likeness (QED) is 0.0174. The molecule has 1 saturated carbocycles. The van der Waals surface area contributed by atoms with E-state index in [2.05, 4.69) is 87.7 Å². The van der Waals surface area contributed by atoms with Gasteiger partial charge in [0.05, 0.1) is 101 Å².